The summed E-state index contributed by atoms with van der Waals surface area (Å²) in [6, 6.07) is 12.1. The number of rotatable bonds is 6. The third-order valence-corrected chi connectivity index (χ3v) is 7.04. The standard InChI is InChI=1S/C21H21N3O4S2.H2/c1-14-3-8-18(15(2)13-14)28-19-9-11-24(20(19)25)16-4-6-17(7-5-16)30(26,27)23-21-22-10-12-29-21;/h3-8,10,12-13,19H,9,11H2,1-2H3,(H,22,23);1H. The number of carbonyl (C=O) groups excluding carboxylic acids is 1. The zero-order chi connectivity index (χ0) is 21.3. The molecule has 0 radical (unpaired) electrons. The number of anilines is 2. The number of nitrogens with one attached hydrogen (secondary N) is 1. The Balaban J connectivity index is 0.00000272. The van der Waals surface area contributed by atoms with Gasteiger partial charge in [0.15, 0.2) is 11.2 Å². The molecule has 0 bridgehead atoms. The summed E-state index contributed by atoms with van der Waals surface area (Å²) < 4.78 is 33.3. The first-order chi connectivity index (χ1) is 14.3. The molecule has 1 amide bonds. The van der Waals surface area contributed by atoms with Gasteiger partial charge in [-0.2, -0.15) is 0 Å². The van der Waals surface area contributed by atoms with Gasteiger partial charge in [-0.05, 0) is 49.7 Å². The number of sulfonamides is 1. The number of carbonyl (C=O) groups is 1. The van der Waals surface area contributed by atoms with Gasteiger partial charge >= 0.3 is 0 Å². The van der Waals surface area contributed by atoms with Gasteiger partial charge in [0, 0.05) is 31.7 Å². The monoisotopic (exact) mass is 445 g/mol. The Bertz CT molecular complexity index is 1170. The van der Waals surface area contributed by atoms with Gasteiger partial charge in [-0.25, -0.2) is 13.4 Å². The molecule has 2 heterocycles. The highest BCUT2D eigenvalue weighted by Crippen LogP contribution is 2.28. The summed E-state index contributed by atoms with van der Waals surface area (Å²) in [4.78, 5) is 18.5. The summed E-state index contributed by atoms with van der Waals surface area (Å²) in [5.74, 6) is 0.571. The summed E-state index contributed by atoms with van der Waals surface area (Å²) in [5.41, 5.74) is 2.77. The first-order valence-electron chi connectivity index (χ1n) is 9.41. The number of nitrogens with zero attached hydrogens (tertiary/aromatic N) is 2. The molecule has 0 spiro atoms. The molecule has 1 N–H and O–H groups in total. The van der Waals surface area contributed by atoms with E-state index in [-0.39, 0.29) is 12.2 Å². The molecule has 1 aromatic heterocycles. The lowest BCUT2D eigenvalue weighted by Gasteiger charge is -2.18. The van der Waals surface area contributed by atoms with Crippen molar-refractivity contribution in [3.8, 4) is 5.75 Å². The van der Waals surface area contributed by atoms with E-state index in [9.17, 15) is 13.2 Å². The van der Waals surface area contributed by atoms with Crippen LogP contribution >= 0.6 is 11.3 Å². The highest BCUT2D eigenvalue weighted by Gasteiger charge is 2.34. The number of aryl methyl sites for hydroxylation is 2. The molecule has 9 heteroatoms. The van der Waals surface area contributed by atoms with E-state index in [1.807, 2.05) is 32.0 Å². The van der Waals surface area contributed by atoms with E-state index < -0.39 is 16.1 Å². The van der Waals surface area contributed by atoms with E-state index >= 15 is 0 Å². The van der Waals surface area contributed by atoms with Crippen molar-refractivity contribution in [2.75, 3.05) is 16.2 Å². The van der Waals surface area contributed by atoms with E-state index in [1.54, 1.807) is 22.4 Å². The number of amides is 1. The van der Waals surface area contributed by atoms with Gasteiger partial charge in [0.25, 0.3) is 15.9 Å². The molecule has 1 unspecified atom stereocenters. The van der Waals surface area contributed by atoms with E-state index in [2.05, 4.69) is 9.71 Å². The van der Waals surface area contributed by atoms with Crippen LogP contribution < -0.4 is 14.4 Å². The highest BCUT2D eigenvalue weighted by atomic mass is 32.2. The molecule has 30 heavy (non-hydrogen) atoms. The maximum atomic E-state index is 12.8. The number of aromatic nitrogens is 1. The summed E-state index contributed by atoms with van der Waals surface area (Å²) >= 11 is 1.20. The second-order valence-corrected chi connectivity index (χ2v) is 9.67. The highest BCUT2D eigenvalue weighted by molar-refractivity contribution is 7.93. The van der Waals surface area contributed by atoms with Crippen LogP contribution in [0.25, 0.3) is 0 Å². The number of benzene rings is 2. The quantitative estimate of drug-likeness (QED) is 0.620. The Labute approximate surface area is 180 Å². The fourth-order valence-corrected chi connectivity index (χ4v) is 5.15. The van der Waals surface area contributed by atoms with Crippen molar-refractivity contribution in [3.63, 3.8) is 0 Å². The van der Waals surface area contributed by atoms with Crippen LogP contribution in [0.2, 0.25) is 0 Å². The van der Waals surface area contributed by atoms with Crippen LogP contribution in [-0.2, 0) is 14.8 Å². The van der Waals surface area contributed by atoms with Gasteiger partial charge in [0.2, 0.25) is 0 Å². The number of thiazole rings is 1. The van der Waals surface area contributed by atoms with Gasteiger partial charge in [-0.3, -0.25) is 9.52 Å². The first kappa shape index (κ1) is 20.4. The Kier molecular flexibility index (Phi) is 5.48. The Hall–Kier alpha value is -2.91. The molecule has 1 aliphatic rings. The molecule has 1 fully saturated rings. The Morgan fingerprint density at radius 3 is 2.63 bits per heavy atom. The number of hydrogen-bond acceptors (Lipinski definition) is 6. The lowest BCUT2D eigenvalue weighted by Crippen LogP contribution is -2.32. The minimum atomic E-state index is -3.73. The zero-order valence-electron chi connectivity index (χ0n) is 16.5. The molecule has 1 saturated heterocycles. The summed E-state index contributed by atoms with van der Waals surface area (Å²) in [6.07, 6.45) is 1.54. The fourth-order valence-electron chi connectivity index (χ4n) is 3.36. The van der Waals surface area contributed by atoms with Crippen LogP contribution in [0.4, 0.5) is 10.8 Å². The predicted octanol–water partition coefficient (Wildman–Crippen LogP) is 3.99. The first-order valence-corrected chi connectivity index (χ1v) is 11.8. The molecule has 1 atom stereocenters. The van der Waals surface area contributed by atoms with Crippen LogP contribution in [0.5, 0.6) is 5.75 Å². The van der Waals surface area contributed by atoms with Crippen LogP contribution in [0, 0.1) is 13.8 Å². The molecule has 2 aromatic carbocycles. The van der Waals surface area contributed by atoms with Gasteiger partial charge in [-0.1, -0.05) is 17.7 Å². The van der Waals surface area contributed by atoms with Crippen LogP contribution in [-0.4, -0.2) is 32.0 Å². The van der Waals surface area contributed by atoms with E-state index in [1.165, 1.54) is 29.7 Å². The minimum Gasteiger partial charge on any atom is -0.480 e. The molecular formula is C21H23N3O4S2. The minimum absolute atomic E-state index is 0. The second kappa shape index (κ2) is 8.08. The topological polar surface area (TPSA) is 88.6 Å². The molecule has 7 nitrogen and oxygen atoms in total. The molecule has 0 aliphatic carbocycles. The maximum Gasteiger partial charge on any atom is 0.268 e. The predicted molar refractivity (Wildman–Crippen MR) is 119 cm³/mol. The summed E-state index contributed by atoms with van der Waals surface area (Å²) in [5, 5.41) is 2.00. The average molecular weight is 446 g/mol. The van der Waals surface area contributed by atoms with Crippen molar-refractivity contribution in [1.29, 1.82) is 0 Å². The third-order valence-electron chi connectivity index (χ3n) is 4.87. The molecule has 158 valence electrons. The SMILES string of the molecule is Cc1ccc(OC2CCN(c3ccc(S(=O)(=O)Nc4nccs4)cc3)C2=O)c(C)c1.[HH]. The summed E-state index contributed by atoms with van der Waals surface area (Å²) in [6.45, 7) is 4.48. The largest absolute Gasteiger partial charge is 0.480 e. The maximum absolute atomic E-state index is 12.8. The normalized spacial score (nSPS) is 16.7. The summed E-state index contributed by atoms with van der Waals surface area (Å²) in [7, 11) is -3.73. The smallest absolute Gasteiger partial charge is 0.268 e. The lowest BCUT2D eigenvalue weighted by molar-refractivity contribution is -0.122. The molecule has 4 rings (SSSR count). The van der Waals surface area contributed by atoms with Crippen LogP contribution in [0.1, 0.15) is 19.0 Å². The van der Waals surface area contributed by atoms with Crippen molar-refractivity contribution in [1.82, 2.24) is 4.98 Å². The van der Waals surface area contributed by atoms with E-state index in [4.69, 9.17) is 4.74 Å². The van der Waals surface area contributed by atoms with E-state index in [0.717, 1.165) is 11.1 Å². The number of hydrogen-bond donors (Lipinski definition) is 1. The molecule has 1 aliphatic heterocycles. The second-order valence-electron chi connectivity index (χ2n) is 7.09. The van der Waals surface area contributed by atoms with Crippen molar-refractivity contribution in [2.45, 2.75) is 31.3 Å². The molecule has 3 aromatic rings. The molecule has 0 saturated carbocycles. The van der Waals surface area contributed by atoms with Gasteiger partial charge in [-0.15, -0.1) is 11.3 Å². The fraction of sp³-hybridized carbons (Fsp3) is 0.238. The zero-order valence-corrected chi connectivity index (χ0v) is 18.2. The Morgan fingerprint density at radius 1 is 1.20 bits per heavy atom. The van der Waals surface area contributed by atoms with Crippen molar-refractivity contribution < 1.29 is 19.4 Å². The van der Waals surface area contributed by atoms with Crippen molar-refractivity contribution in [2.24, 2.45) is 0 Å². The van der Waals surface area contributed by atoms with Gasteiger partial charge in [0.1, 0.15) is 5.75 Å². The molecular weight excluding hydrogens is 422 g/mol. The van der Waals surface area contributed by atoms with Crippen LogP contribution in [0.15, 0.2) is 58.9 Å². The van der Waals surface area contributed by atoms with Crippen LogP contribution in [0.3, 0.4) is 0 Å². The lowest BCUT2D eigenvalue weighted by atomic mass is 10.1. The van der Waals surface area contributed by atoms with E-state index in [0.29, 0.717) is 29.5 Å². The van der Waals surface area contributed by atoms with Gasteiger partial charge in [0.05, 0.1) is 4.90 Å². The van der Waals surface area contributed by atoms with Gasteiger partial charge < -0.3 is 9.64 Å². The third kappa shape index (κ3) is 4.17. The number of ether oxygens (including phenoxy) is 1. The van der Waals surface area contributed by atoms with Crippen molar-refractivity contribution >= 4 is 38.1 Å². The Morgan fingerprint density at radius 2 is 1.97 bits per heavy atom. The average Bonchev–Trinajstić information content (AvgIpc) is 3.34. The van der Waals surface area contributed by atoms with Crippen molar-refractivity contribution in [3.05, 3.63) is 65.2 Å².